The number of hydrogen-bond donors (Lipinski definition) is 3. The summed E-state index contributed by atoms with van der Waals surface area (Å²) in [6.45, 7) is -0.104. The lowest BCUT2D eigenvalue weighted by atomic mass is 10.2. The van der Waals surface area contributed by atoms with Crippen LogP contribution in [0.25, 0.3) is 6.08 Å². The number of hydrogen-bond acceptors (Lipinski definition) is 4. The van der Waals surface area contributed by atoms with E-state index in [1.807, 2.05) is 0 Å². The lowest BCUT2D eigenvalue weighted by Crippen LogP contribution is -2.04. The number of nitrogen functional groups attached to an aromatic ring is 1. The molecule has 5 heteroatoms. The van der Waals surface area contributed by atoms with Gasteiger partial charge in [0, 0.05) is 6.20 Å². The van der Waals surface area contributed by atoms with Crippen LogP contribution in [0.3, 0.4) is 0 Å². The first-order valence-corrected chi connectivity index (χ1v) is 3.91. The van der Waals surface area contributed by atoms with Gasteiger partial charge in [0.05, 0.1) is 6.61 Å². The highest BCUT2D eigenvalue weighted by atomic mass is 16.4. The fraction of sp³-hybridized carbons (Fsp3) is 0.111. The van der Waals surface area contributed by atoms with Crippen molar-refractivity contribution in [3.05, 3.63) is 29.5 Å². The fourth-order valence-electron chi connectivity index (χ4n) is 0.943. The van der Waals surface area contributed by atoms with Crippen LogP contribution in [0.4, 0.5) is 5.82 Å². The van der Waals surface area contributed by atoms with Crippen LogP contribution in [0.2, 0.25) is 0 Å². The van der Waals surface area contributed by atoms with E-state index in [4.69, 9.17) is 15.9 Å². The molecule has 0 saturated heterocycles. The largest absolute Gasteiger partial charge is 0.478 e. The maximum Gasteiger partial charge on any atom is 0.339 e. The van der Waals surface area contributed by atoms with Crippen molar-refractivity contribution in [2.24, 2.45) is 0 Å². The Morgan fingerprint density at radius 1 is 1.64 bits per heavy atom. The molecule has 0 unspecified atom stereocenters. The van der Waals surface area contributed by atoms with E-state index in [0.29, 0.717) is 5.56 Å². The van der Waals surface area contributed by atoms with Crippen LogP contribution in [0, 0.1) is 0 Å². The Morgan fingerprint density at radius 3 is 2.93 bits per heavy atom. The van der Waals surface area contributed by atoms with Gasteiger partial charge in [-0.3, -0.25) is 0 Å². The molecule has 0 fully saturated rings. The number of anilines is 1. The van der Waals surface area contributed by atoms with E-state index in [9.17, 15) is 4.79 Å². The molecule has 5 nitrogen and oxygen atoms in total. The molecule has 1 aromatic rings. The van der Waals surface area contributed by atoms with Crippen molar-refractivity contribution in [1.82, 2.24) is 4.98 Å². The predicted octanol–water partition coefficient (Wildman–Crippen LogP) is 0.367. The first kappa shape index (κ1) is 10.2. The second kappa shape index (κ2) is 4.38. The number of carboxylic acid groups (broad SMARTS) is 1. The summed E-state index contributed by atoms with van der Waals surface area (Å²) >= 11 is 0. The highest BCUT2D eigenvalue weighted by molar-refractivity contribution is 5.93. The van der Waals surface area contributed by atoms with Gasteiger partial charge in [0.1, 0.15) is 11.4 Å². The molecule has 1 aromatic heterocycles. The van der Waals surface area contributed by atoms with Crippen molar-refractivity contribution in [3.63, 3.8) is 0 Å². The van der Waals surface area contributed by atoms with Crippen LogP contribution in [0.5, 0.6) is 0 Å². The summed E-state index contributed by atoms with van der Waals surface area (Å²) in [7, 11) is 0. The van der Waals surface area contributed by atoms with E-state index in [0.717, 1.165) is 0 Å². The Bertz CT molecular complexity index is 374. The highest BCUT2D eigenvalue weighted by Gasteiger charge is 2.08. The summed E-state index contributed by atoms with van der Waals surface area (Å²) in [5.74, 6) is -1.13. The fourth-order valence-corrected chi connectivity index (χ4v) is 0.943. The van der Waals surface area contributed by atoms with Crippen LogP contribution in [0.1, 0.15) is 15.9 Å². The van der Waals surface area contributed by atoms with E-state index in [1.165, 1.54) is 18.3 Å². The summed E-state index contributed by atoms with van der Waals surface area (Å²) in [6, 6.07) is 1.40. The van der Waals surface area contributed by atoms with Gasteiger partial charge in [-0.1, -0.05) is 12.2 Å². The smallest absolute Gasteiger partial charge is 0.339 e. The minimum Gasteiger partial charge on any atom is -0.478 e. The molecule has 74 valence electrons. The lowest BCUT2D eigenvalue weighted by molar-refractivity contribution is 0.0697. The topological polar surface area (TPSA) is 96.4 Å². The minimum absolute atomic E-state index is 0.0151. The van der Waals surface area contributed by atoms with E-state index in [2.05, 4.69) is 4.98 Å². The number of nitrogens with zero attached hydrogens (tertiary/aromatic N) is 1. The zero-order valence-electron chi connectivity index (χ0n) is 7.34. The second-order valence-electron chi connectivity index (χ2n) is 2.59. The molecule has 0 aliphatic heterocycles. The molecule has 14 heavy (non-hydrogen) atoms. The normalized spacial score (nSPS) is 10.6. The van der Waals surface area contributed by atoms with Crippen molar-refractivity contribution in [1.29, 1.82) is 0 Å². The quantitative estimate of drug-likeness (QED) is 0.645. The zero-order chi connectivity index (χ0) is 10.6. The Hall–Kier alpha value is -1.88. The number of nitrogens with two attached hydrogens (primary N) is 1. The van der Waals surface area contributed by atoms with Gasteiger partial charge in [0.2, 0.25) is 0 Å². The number of aliphatic hydroxyl groups is 1. The molecule has 0 radical (unpaired) electrons. The van der Waals surface area contributed by atoms with Gasteiger partial charge in [0.15, 0.2) is 0 Å². The molecule has 1 rings (SSSR count). The Labute approximate surface area is 80.5 Å². The van der Waals surface area contributed by atoms with E-state index in [1.54, 1.807) is 6.08 Å². The minimum atomic E-state index is -1.12. The molecule has 0 aliphatic carbocycles. The Balaban J connectivity index is 3.06. The van der Waals surface area contributed by atoms with Gasteiger partial charge in [-0.2, -0.15) is 0 Å². The number of carboxylic acids is 1. The van der Waals surface area contributed by atoms with Crippen LogP contribution < -0.4 is 5.73 Å². The number of pyridine rings is 1. The van der Waals surface area contributed by atoms with E-state index in [-0.39, 0.29) is 18.0 Å². The van der Waals surface area contributed by atoms with Crippen molar-refractivity contribution in [2.45, 2.75) is 0 Å². The second-order valence-corrected chi connectivity index (χ2v) is 2.59. The van der Waals surface area contributed by atoms with Crippen LogP contribution >= 0.6 is 0 Å². The molecule has 0 aromatic carbocycles. The van der Waals surface area contributed by atoms with E-state index < -0.39 is 5.97 Å². The van der Waals surface area contributed by atoms with Crippen LogP contribution in [-0.4, -0.2) is 27.8 Å². The molecular weight excluding hydrogens is 184 g/mol. The molecule has 4 N–H and O–H groups in total. The third kappa shape index (κ3) is 2.30. The van der Waals surface area contributed by atoms with Gasteiger partial charge >= 0.3 is 5.97 Å². The number of aromatic carboxylic acids is 1. The monoisotopic (exact) mass is 194 g/mol. The van der Waals surface area contributed by atoms with E-state index >= 15 is 0 Å². The summed E-state index contributed by atoms with van der Waals surface area (Å²) in [6.07, 6.45) is 4.49. The van der Waals surface area contributed by atoms with Crippen molar-refractivity contribution >= 4 is 17.9 Å². The number of aromatic nitrogens is 1. The van der Waals surface area contributed by atoms with Gasteiger partial charge in [-0.25, -0.2) is 9.78 Å². The SMILES string of the molecule is Nc1ncc(C=CCO)cc1C(=O)O. The maximum atomic E-state index is 10.7. The molecule has 0 bridgehead atoms. The molecule has 0 atom stereocenters. The molecule has 0 aliphatic rings. The van der Waals surface area contributed by atoms with Gasteiger partial charge in [-0.05, 0) is 11.6 Å². The molecule has 1 heterocycles. The van der Waals surface area contributed by atoms with Crippen molar-refractivity contribution in [2.75, 3.05) is 12.3 Å². The molecular formula is C9H10N2O3. The predicted molar refractivity (Wildman–Crippen MR) is 51.7 cm³/mol. The van der Waals surface area contributed by atoms with Gasteiger partial charge < -0.3 is 15.9 Å². The first-order chi connectivity index (χ1) is 6.65. The van der Waals surface area contributed by atoms with Gasteiger partial charge in [-0.15, -0.1) is 0 Å². The third-order valence-corrected chi connectivity index (χ3v) is 1.59. The van der Waals surface area contributed by atoms with Crippen LogP contribution in [0.15, 0.2) is 18.3 Å². The van der Waals surface area contributed by atoms with Crippen molar-refractivity contribution in [3.8, 4) is 0 Å². The maximum absolute atomic E-state index is 10.7. The Kier molecular flexibility index (Phi) is 3.19. The number of rotatable bonds is 3. The number of aliphatic hydroxyl groups excluding tert-OH is 1. The summed E-state index contributed by atoms with van der Waals surface area (Å²) < 4.78 is 0. The number of carbonyl (C=O) groups is 1. The molecule has 0 amide bonds. The third-order valence-electron chi connectivity index (χ3n) is 1.59. The molecule has 0 saturated carbocycles. The summed E-state index contributed by atoms with van der Waals surface area (Å²) in [4.78, 5) is 14.4. The standard InChI is InChI=1S/C9H10N2O3/c10-8-7(9(13)14)4-6(5-11-8)2-1-3-12/h1-2,4-5,12H,3H2,(H2,10,11)(H,13,14). The summed E-state index contributed by atoms with van der Waals surface area (Å²) in [5.41, 5.74) is 5.91. The lowest BCUT2D eigenvalue weighted by Gasteiger charge is -2.00. The van der Waals surface area contributed by atoms with Crippen molar-refractivity contribution < 1.29 is 15.0 Å². The van der Waals surface area contributed by atoms with Gasteiger partial charge in [0.25, 0.3) is 0 Å². The average Bonchev–Trinajstić information content (AvgIpc) is 2.16. The zero-order valence-corrected chi connectivity index (χ0v) is 7.34. The molecule has 0 spiro atoms. The highest BCUT2D eigenvalue weighted by Crippen LogP contribution is 2.11. The first-order valence-electron chi connectivity index (χ1n) is 3.91. The van der Waals surface area contributed by atoms with Crippen LogP contribution in [-0.2, 0) is 0 Å². The average molecular weight is 194 g/mol. The Morgan fingerprint density at radius 2 is 2.36 bits per heavy atom. The summed E-state index contributed by atoms with van der Waals surface area (Å²) in [5, 5.41) is 17.2.